The lowest BCUT2D eigenvalue weighted by molar-refractivity contribution is -0.142. The summed E-state index contributed by atoms with van der Waals surface area (Å²) in [5.41, 5.74) is 0.328. The Labute approximate surface area is 181 Å². The van der Waals surface area contributed by atoms with Crippen LogP contribution in [0.25, 0.3) is 0 Å². The Kier molecular flexibility index (Phi) is 7.94. The lowest BCUT2D eigenvalue weighted by atomic mass is 10.1. The molecular weight excluding hydrogens is 411 g/mol. The van der Waals surface area contributed by atoms with Crippen LogP contribution in [0, 0.1) is 0 Å². The van der Waals surface area contributed by atoms with E-state index in [1.807, 2.05) is 39.0 Å². The first-order valence-electron chi connectivity index (χ1n) is 9.30. The summed E-state index contributed by atoms with van der Waals surface area (Å²) in [4.78, 5) is 27.2. The third-order valence-electron chi connectivity index (χ3n) is 4.15. The normalized spacial score (nSPS) is 12.2. The van der Waals surface area contributed by atoms with Gasteiger partial charge in [-0.05, 0) is 51.5 Å². The molecule has 2 aromatic rings. The van der Waals surface area contributed by atoms with E-state index in [4.69, 9.17) is 27.9 Å². The van der Waals surface area contributed by atoms with Gasteiger partial charge in [0.25, 0.3) is 5.91 Å². The van der Waals surface area contributed by atoms with Crippen LogP contribution in [0.2, 0.25) is 10.0 Å². The highest BCUT2D eigenvalue weighted by atomic mass is 35.5. The zero-order valence-electron chi connectivity index (χ0n) is 17.0. The van der Waals surface area contributed by atoms with Gasteiger partial charge >= 0.3 is 0 Å². The van der Waals surface area contributed by atoms with Crippen LogP contribution in [0.15, 0.2) is 48.5 Å². The molecule has 0 saturated carbocycles. The number of rotatable bonds is 7. The fourth-order valence-corrected chi connectivity index (χ4v) is 3.04. The first-order valence-corrected chi connectivity index (χ1v) is 10.1. The van der Waals surface area contributed by atoms with Crippen LogP contribution in [-0.4, -0.2) is 34.9 Å². The summed E-state index contributed by atoms with van der Waals surface area (Å²) < 4.78 is 5.59. The zero-order valence-corrected chi connectivity index (χ0v) is 18.6. The van der Waals surface area contributed by atoms with Gasteiger partial charge in [-0.2, -0.15) is 0 Å². The molecule has 156 valence electrons. The first-order chi connectivity index (χ1) is 13.6. The van der Waals surface area contributed by atoms with Gasteiger partial charge in [0, 0.05) is 17.1 Å². The zero-order chi connectivity index (χ0) is 21.6. The van der Waals surface area contributed by atoms with Crippen LogP contribution in [0.1, 0.15) is 33.3 Å². The van der Waals surface area contributed by atoms with E-state index in [-0.39, 0.29) is 25.0 Å². The number of carbonyl (C=O) groups excluding carboxylic acids is 2. The topological polar surface area (TPSA) is 58.6 Å². The number of benzene rings is 2. The van der Waals surface area contributed by atoms with Crippen molar-refractivity contribution in [2.45, 2.75) is 45.8 Å². The van der Waals surface area contributed by atoms with Crippen molar-refractivity contribution in [3.8, 4) is 5.75 Å². The molecule has 0 unspecified atom stereocenters. The molecule has 0 radical (unpaired) electrons. The van der Waals surface area contributed by atoms with Crippen molar-refractivity contribution < 1.29 is 14.3 Å². The largest absolute Gasteiger partial charge is 0.482 e. The van der Waals surface area contributed by atoms with Gasteiger partial charge in [-0.15, -0.1) is 0 Å². The van der Waals surface area contributed by atoms with Gasteiger partial charge < -0.3 is 15.0 Å². The van der Waals surface area contributed by atoms with E-state index in [1.165, 1.54) is 4.90 Å². The summed E-state index contributed by atoms with van der Waals surface area (Å²) in [5.74, 6) is -0.191. The number of ether oxygens (including phenoxy) is 1. The van der Waals surface area contributed by atoms with E-state index in [1.54, 1.807) is 37.3 Å². The quantitative estimate of drug-likeness (QED) is 0.683. The van der Waals surface area contributed by atoms with E-state index in [0.29, 0.717) is 15.8 Å². The number of hydrogen-bond acceptors (Lipinski definition) is 3. The number of para-hydroxylation sites is 1. The summed E-state index contributed by atoms with van der Waals surface area (Å²) in [6, 6.07) is 13.4. The molecule has 7 heteroatoms. The van der Waals surface area contributed by atoms with Gasteiger partial charge in [-0.1, -0.05) is 53.5 Å². The maximum absolute atomic E-state index is 13.0. The average molecular weight is 437 g/mol. The fourth-order valence-electron chi connectivity index (χ4n) is 2.65. The van der Waals surface area contributed by atoms with Gasteiger partial charge in [-0.25, -0.2) is 0 Å². The number of carbonyl (C=O) groups is 2. The Bertz CT molecular complexity index is 865. The Hall–Kier alpha value is -2.24. The molecule has 2 aromatic carbocycles. The number of hydrogen-bond donors (Lipinski definition) is 1. The maximum atomic E-state index is 13.0. The third-order valence-corrected chi connectivity index (χ3v) is 4.83. The van der Waals surface area contributed by atoms with Crippen molar-refractivity contribution in [3.63, 3.8) is 0 Å². The molecule has 29 heavy (non-hydrogen) atoms. The molecule has 0 aliphatic carbocycles. The van der Waals surface area contributed by atoms with Gasteiger partial charge in [-0.3, -0.25) is 9.59 Å². The molecule has 5 nitrogen and oxygen atoms in total. The van der Waals surface area contributed by atoms with Crippen LogP contribution in [0.3, 0.4) is 0 Å². The second-order valence-electron chi connectivity index (χ2n) is 7.75. The predicted molar refractivity (Wildman–Crippen MR) is 116 cm³/mol. The van der Waals surface area contributed by atoms with Crippen LogP contribution < -0.4 is 10.1 Å². The monoisotopic (exact) mass is 436 g/mol. The lowest BCUT2D eigenvalue weighted by Crippen LogP contribution is -2.53. The fraction of sp³-hybridized carbons (Fsp3) is 0.364. The van der Waals surface area contributed by atoms with E-state index >= 15 is 0 Å². The molecule has 0 bridgehead atoms. The van der Waals surface area contributed by atoms with Crippen LogP contribution >= 0.6 is 23.2 Å². The van der Waals surface area contributed by atoms with Crippen LogP contribution in [0.5, 0.6) is 5.75 Å². The van der Waals surface area contributed by atoms with E-state index in [0.717, 1.165) is 5.56 Å². The molecule has 1 atom stereocenters. The van der Waals surface area contributed by atoms with Crippen molar-refractivity contribution >= 4 is 35.0 Å². The predicted octanol–water partition coefficient (Wildman–Crippen LogP) is 4.70. The number of amides is 2. The first kappa shape index (κ1) is 23.0. The summed E-state index contributed by atoms with van der Waals surface area (Å²) in [6.45, 7) is 7.28. The lowest BCUT2D eigenvalue weighted by Gasteiger charge is -2.31. The molecule has 1 N–H and O–H groups in total. The molecule has 0 fully saturated rings. The van der Waals surface area contributed by atoms with Gasteiger partial charge in [0.2, 0.25) is 5.91 Å². The Balaban J connectivity index is 2.20. The van der Waals surface area contributed by atoms with Crippen molar-refractivity contribution in [2.75, 3.05) is 6.61 Å². The highest BCUT2D eigenvalue weighted by Gasteiger charge is 2.29. The Morgan fingerprint density at radius 2 is 1.62 bits per heavy atom. The van der Waals surface area contributed by atoms with E-state index in [9.17, 15) is 9.59 Å². The maximum Gasteiger partial charge on any atom is 0.261 e. The van der Waals surface area contributed by atoms with Crippen molar-refractivity contribution in [1.82, 2.24) is 10.2 Å². The Morgan fingerprint density at radius 1 is 1.03 bits per heavy atom. The number of nitrogens with zero attached hydrogens (tertiary/aromatic N) is 1. The Morgan fingerprint density at radius 3 is 2.21 bits per heavy atom. The second-order valence-corrected chi connectivity index (χ2v) is 8.56. The molecule has 2 rings (SSSR count). The molecule has 0 spiro atoms. The highest BCUT2D eigenvalue weighted by Crippen LogP contribution is 2.24. The minimum Gasteiger partial charge on any atom is -0.482 e. The SMILES string of the molecule is C[C@@H](C(=O)NC(C)(C)C)N(Cc1ccccc1Cl)C(=O)COc1ccccc1Cl. The smallest absolute Gasteiger partial charge is 0.261 e. The van der Waals surface area contributed by atoms with Crippen molar-refractivity contribution in [1.29, 1.82) is 0 Å². The van der Waals surface area contributed by atoms with Crippen molar-refractivity contribution in [2.24, 2.45) is 0 Å². The average Bonchev–Trinajstić information content (AvgIpc) is 2.64. The van der Waals surface area contributed by atoms with Gasteiger partial charge in [0.05, 0.1) is 5.02 Å². The van der Waals surface area contributed by atoms with Crippen LogP contribution in [0.4, 0.5) is 0 Å². The molecular formula is C22H26Cl2N2O3. The standard InChI is InChI=1S/C22H26Cl2N2O3/c1-15(21(28)25-22(2,3)4)26(13-16-9-5-6-10-17(16)23)20(27)14-29-19-12-8-7-11-18(19)24/h5-12,15H,13-14H2,1-4H3,(H,25,28)/t15-/m0/s1. The van der Waals surface area contributed by atoms with Crippen LogP contribution in [-0.2, 0) is 16.1 Å². The minimum absolute atomic E-state index is 0.184. The number of halogens is 2. The molecule has 0 heterocycles. The minimum atomic E-state index is -0.715. The summed E-state index contributed by atoms with van der Waals surface area (Å²) >= 11 is 12.4. The summed E-state index contributed by atoms with van der Waals surface area (Å²) in [7, 11) is 0. The van der Waals surface area contributed by atoms with E-state index in [2.05, 4.69) is 5.32 Å². The highest BCUT2D eigenvalue weighted by molar-refractivity contribution is 6.32. The molecule has 2 amide bonds. The molecule has 0 saturated heterocycles. The molecule has 0 aliphatic rings. The summed E-state index contributed by atoms with van der Waals surface area (Å²) in [5, 5.41) is 3.85. The number of nitrogens with one attached hydrogen (secondary N) is 1. The van der Waals surface area contributed by atoms with Gasteiger partial charge in [0.15, 0.2) is 6.61 Å². The van der Waals surface area contributed by atoms with E-state index < -0.39 is 11.6 Å². The van der Waals surface area contributed by atoms with Gasteiger partial charge in [0.1, 0.15) is 11.8 Å². The third kappa shape index (κ3) is 6.94. The second kappa shape index (κ2) is 9.99. The molecule has 0 aromatic heterocycles. The summed E-state index contributed by atoms with van der Waals surface area (Å²) in [6.07, 6.45) is 0. The molecule has 0 aliphatic heterocycles. The van der Waals surface area contributed by atoms with Crippen molar-refractivity contribution in [3.05, 3.63) is 64.1 Å².